The van der Waals surface area contributed by atoms with Crippen LogP contribution in [-0.2, 0) is 0 Å². The van der Waals surface area contributed by atoms with E-state index < -0.39 is 24.2 Å². The molecule has 0 radical (unpaired) electrons. The lowest BCUT2D eigenvalue weighted by Gasteiger charge is -2.32. The van der Waals surface area contributed by atoms with Crippen molar-refractivity contribution in [3.8, 4) is 0 Å². The lowest BCUT2D eigenvalue weighted by molar-refractivity contribution is -0.297. The zero-order chi connectivity index (χ0) is 17.4. The highest BCUT2D eigenvalue weighted by Gasteiger charge is 2.63. The maximum Gasteiger partial charge on any atom is 0.438 e. The van der Waals surface area contributed by atoms with Gasteiger partial charge in [-0.2, -0.15) is 23.3 Å². The zero-order valence-electron chi connectivity index (χ0n) is 13.0. The SMILES string of the molecule is O=C(c1ccncc1)N1N=C(C2CCCCC2)C[C@@]1(O)C(F)(F)F. The van der Waals surface area contributed by atoms with E-state index in [1.165, 1.54) is 24.5 Å². The maximum atomic E-state index is 13.5. The average molecular weight is 341 g/mol. The van der Waals surface area contributed by atoms with Crippen LogP contribution in [0.5, 0.6) is 0 Å². The summed E-state index contributed by atoms with van der Waals surface area (Å²) in [5, 5.41) is 14.4. The molecule has 130 valence electrons. The third-order valence-corrected chi connectivity index (χ3v) is 4.66. The van der Waals surface area contributed by atoms with Gasteiger partial charge in [0.25, 0.3) is 11.6 Å². The quantitative estimate of drug-likeness (QED) is 0.899. The van der Waals surface area contributed by atoms with Crippen molar-refractivity contribution in [1.29, 1.82) is 0 Å². The number of carbonyl (C=O) groups excluding carboxylic acids is 1. The van der Waals surface area contributed by atoms with Crippen molar-refractivity contribution in [2.45, 2.75) is 50.4 Å². The van der Waals surface area contributed by atoms with Crippen molar-refractivity contribution in [2.24, 2.45) is 11.0 Å². The summed E-state index contributed by atoms with van der Waals surface area (Å²) in [7, 11) is 0. The number of aromatic nitrogens is 1. The summed E-state index contributed by atoms with van der Waals surface area (Å²) in [6, 6.07) is 2.60. The van der Waals surface area contributed by atoms with Gasteiger partial charge in [0.15, 0.2) is 0 Å². The Balaban J connectivity index is 1.94. The number of aliphatic hydroxyl groups is 1. The zero-order valence-corrected chi connectivity index (χ0v) is 13.0. The fraction of sp³-hybridized carbons (Fsp3) is 0.562. The highest BCUT2D eigenvalue weighted by molar-refractivity contribution is 5.98. The van der Waals surface area contributed by atoms with Gasteiger partial charge in [-0.3, -0.25) is 9.78 Å². The van der Waals surface area contributed by atoms with Crippen molar-refractivity contribution in [3.63, 3.8) is 0 Å². The van der Waals surface area contributed by atoms with E-state index in [0.29, 0.717) is 0 Å². The van der Waals surface area contributed by atoms with Crippen LogP contribution in [0.2, 0.25) is 0 Å². The first-order valence-corrected chi connectivity index (χ1v) is 7.94. The van der Waals surface area contributed by atoms with E-state index in [2.05, 4.69) is 10.1 Å². The number of nitrogens with zero attached hydrogens (tertiary/aromatic N) is 3. The summed E-state index contributed by atoms with van der Waals surface area (Å²) >= 11 is 0. The Bertz CT molecular complexity index is 642. The minimum Gasteiger partial charge on any atom is -0.362 e. The minimum absolute atomic E-state index is 0.00122. The summed E-state index contributed by atoms with van der Waals surface area (Å²) in [5.74, 6) is -1.09. The molecule has 0 spiro atoms. The van der Waals surface area contributed by atoms with Gasteiger partial charge < -0.3 is 5.11 Å². The molecule has 0 aromatic carbocycles. The van der Waals surface area contributed by atoms with E-state index in [1.54, 1.807) is 0 Å². The summed E-state index contributed by atoms with van der Waals surface area (Å²) in [4.78, 5) is 16.2. The molecule has 1 aliphatic heterocycles. The van der Waals surface area contributed by atoms with E-state index in [-0.39, 0.29) is 22.2 Å². The second-order valence-corrected chi connectivity index (χ2v) is 6.27. The van der Waals surface area contributed by atoms with Crippen LogP contribution in [0.1, 0.15) is 48.9 Å². The van der Waals surface area contributed by atoms with Crippen molar-refractivity contribution < 1.29 is 23.1 Å². The van der Waals surface area contributed by atoms with E-state index in [9.17, 15) is 23.1 Å². The van der Waals surface area contributed by atoms with Crippen LogP contribution in [0.4, 0.5) is 13.2 Å². The Morgan fingerprint density at radius 3 is 2.42 bits per heavy atom. The second-order valence-electron chi connectivity index (χ2n) is 6.27. The van der Waals surface area contributed by atoms with Crippen LogP contribution in [0, 0.1) is 5.92 Å². The topological polar surface area (TPSA) is 65.8 Å². The third-order valence-electron chi connectivity index (χ3n) is 4.66. The molecule has 24 heavy (non-hydrogen) atoms. The molecule has 2 heterocycles. The standard InChI is InChI=1S/C16H18F3N3O2/c17-16(18,19)15(24)10-13(11-4-2-1-3-5-11)21-22(15)14(23)12-6-8-20-9-7-12/h6-9,11,24H,1-5,10H2/t15-/m1/s1. The first kappa shape index (κ1) is 16.9. The highest BCUT2D eigenvalue weighted by Crippen LogP contribution is 2.43. The van der Waals surface area contributed by atoms with E-state index in [0.717, 1.165) is 32.1 Å². The largest absolute Gasteiger partial charge is 0.438 e. The molecule has 0 saturated heterocycles. The molecular formula is C16H18F3N3O2. The molecule has 1 fully saturated rings. The average Bonchev–Trinajstić information content (AvgIpc) is 2.95. The van der Waals surface area contributed by atoms with E-state index in [4.69, 9.17) is 0 Å². The second kappa shape index (κ2) is 6.16. The van der Waals surface area contributed by atoms with E-state index >= 15 is 0 Å². The van der Waals surface area contributed by atoms with Crippen LogP contribution in [-0.4, -0.2) is 38.6 Å². The molecule has 1 N–H and O–H groups in total. The summed E-state index contributed by atoms with van der Waals surface area (Å²) < 4.78 is 40.4. The predicted molar refractivity (Wildman–Crippen MR) is 80.0 cm³/mol. The van der Waals surface area contributed by atoms with Crippen LogP contribution in [0.3, 0.4) is 0 Å². The van der Waals surface area contributed by atoms with E-state index in [1.807, 2.05) is 0 Å². The Morgan fingerprint density at radius 1 is 1.21 bits per heavy atom. The predicted octanol–water partition coefficient (Wildman–Crippen LogP) is 3.11. The number of halogens is 3. The lowest BCUT2D eigenvalue weighted by atomic mass is 9.83. The molecule has 1 aliphatic carbocycles. The monoisotopic (exact) mass is 341 g/mol. The number of hydrogen-bond donors (Lipinski definition) is 1. The molecule has 1 atom stereocenters. The van der Waals surface area contributed by atoms with Crippen LogP contribution in [0.25, 0.3) is 0 Å². The molecule has 1 aromatic heterocycles. The molecule has 3 rings (SSSR count). The van der Waals surface area contributed by atoms with Crippen molar-refractivity contribution in [3.05, 3.63) is 30.1 Å². The molecule has 8 heteroatoms. The molecule has 0 unspecified atom stereocenters. The highest BCUT2D eigenvalue weighted by atomic mass is 19.4. The molecule has 1 aromatic rings. The fourth-order valence-corrected chi connectivity index (χ4v) is 3.29. The van der Waals surface area contributed by atoms with Gasteiger partial charge in [0.2, 0.25) is 0 Å². The number of rotatable bonds is 2. The number of carbonyl (C=O) groups is 1. The van der Waals surface area contributed by atoms with Crippen molar-refractivity contribution in [1.82, 2.24) is 9.99 Å². The number of hydrogen-bond acceptors (Lipinski definition) is 4. The first-order chi connectivity index (χ1) is 11.3. The molecule has 1 amide bonds. The Kier molecular flexibility index (Phi) is 4.33. The van der Waals surface area contributed by atoms with Gasteiger partial charge in [-0.1, -0.05) is 19.3 Å². The van der Waals surface area contributed by atoms with Gasteiger partial charge in [0.1, 0.15) is 0 Å². The van der Waals surface area contributed by atoms with Gasteiger partial charge in [-0.15, -0.1) is 0 Å². The van der Waals surface area contributed by atoms with Crippen LogP contribution < -0.4 is 0 Å². The number of amides is 1. The maximum absolute atomic E-state index is 13.5. The van der Waals surface area contributed by atoms with Gasteiger partial charge in [-0.25, -0.2) is 0 Å². The number of hydrazone groups is 1. The smallest absolute Gasteiger partial charge is 0.362 e. The summed E-state index contributed by atoms with van der Waals surface area (Å²) in [6.07, 6.45) is 1.32. The Labute approximate surface area is 137 Å². The minimum atomic E-state index is -4.99. The molecule has 5 nitrogen and oxygen atoms in total. The molecule has 0 bridgehead atoms. The molecule has 2 aliphatic rings. The number of pyridine rings is 1. The summed E-state index contributed by atoms with van der Waals surface area (Å²) in [5.41, 5.74) is -3.03. The van der Waals surface area contributed by atoms with Crippen LogP contribution in [0.15, 0.2) is 29.6 Å². The third kappa shape index (κ3) is 2.90. The lowest BCUT2D eigenvalue weighted by Crippen LogP contribution is -2.56. The van der Waals surface area contributed by atoms with Crippen molar-refractivity contribution in [2.75, 3.05) is 0 Å². The Hall–Kier alpha value is -1.96. The van der Waals surface area contributed by atoms with Crippen LogP contribution >= 0.6 is 0 Å². The van der Waals surface area contributed by atoms with Gasteiger partial charge in [0.05, 0.1) is 0 Å². The molecule has 1 saturated carbocycles. The van der Waals surface area contributed by atoms with Gasteiger partial charge in [-0.05, 0) is 30.9 Å². The Morgan fingerprint density at radius 2 is 1.83 bits per heavy atom. The normalized spacial score (nSPS) is 25.7. The molecular weight excluding hydrogens is 323 g/mol. The first-order valence-electron chi connectivity index (χ1n) is 7.94. The van der Waals surface area contributed by atoms with Crippen molar-refractivity contribution >= 4 is 11.6 Å². The van der Waals surface area contributed by atoms with Gasteiger partial charge >= 0.3 is 6.18 Å². The fourth-order valence-electron chi connectivity index (χ4n) is 3.29. The summed E-state index contributed by atoms with van der Waals surface area (Å²) in [6.45, 7) is 0. The van der Waals surface area contributed by atoms with Gasteiger partial charge in [0, 0.05) is 30.1 Å². The number of alkyl halides is 3.